The minimum atomic E-state index is -0.0273. The van der Waals surface area contributed by atoms with E-state index in [1.165, 1.54) is 11.1 Å². The molecule has 0 unspecified atom stereocenters. The van der Waals surface area contributed by atoms with Crippen LogP contribution >= 0.6 is 0 Å². The molecule has 0 bridgehead atoms. The molecule has 0 spiro atoms. The Hall–Kier alpha value is -2.22. The van der Waals surface area contributed by atoms with Gasteiger partial charge in [0.2, 0.25) is 0 Å². The number of benzene rings is 1. The molecule has 2 rings (SSSR count). The van der Waals surface area contributed by atoms with Gasteiger partial charge in [-0.15, -0.1) is 0 Å². The third-order valence-electron chi connectivity index (χ3n) is 3.97. The lowest BCUT2D eigenvalue weighted by molar-refractivity contribution is 0.0973. The van der Waals surface area contributed by atoms with Crippen molar-refractivity contribution in [2.75, 3.05) is 0 Å². The van der Waals surface area contributed by atoms with Crippen LogP contribution in [0.25, 0.3) is 0 Å². The van der Waals surface area contributed by atoms with E-state index in [0.29, 0.717) is 28.7 Å². The Balaban J connectivity index is 2.27. The van der Waals surface area contributed by atoms with Crippen LogP contribution < -0.4 is 0 Å². The monoisotopic (exact) mass is 294 g/mol. The van der Waals surface area contributed by atoms with E-state index in [4.69, 9.17) is 0 Å². The number of allylic oxidation sites excluding steroid dienone is 6. The molecule has 0 atom stereocenters. The minimum absolute atomic E-state index is 0.0148. The van der Waals surface area contributed by atoms with Gasteiger partial charge in [-0.25, -0.2) is 0 Å². The summed E-state index contributed by atoms with van der Waals surface area (Å²) < 4.78 is 0. The van der Waals surface area contributed by atoms with Crippen molar-refractivity contribution in [2.24, 2.45) is 0 Å². The van der Waals surface area contributed by atoms with Crippen LogP contribution in [0.4, 0.5) is 0 Å². The van der Waals surface area contributed by atoms with Crippen molar-refractivity contribution in [1.29, 1.82) is 0 Å². The molecule has 22 heavy (non-hydrogen) atoms. The standard InChI is InChI=1S/C20H22O2/c1-13(2)9-10-14(3)11-12-16-15(4)19(21)17-7-5-6-8-18(17)20(16)22/h5-9,11H,10,12H2,1-4H3/b14-11+. The summed E-state index contributed by atoms with van der Waals surface area (Å²) in [6.07, 6.45) is 5.62. The highest BCUT2D eigenvalue weighted by molar-refractivity contribution is 6.26. The number of Topliss-reactive ketones (excluding diaryl/α,β-unsaturated/α-hetero) is 2. The van der Waals surface area contributed by atoms with Crippen LogP contribution in [0.5, 0.6) is 0 Å². The summed E-state index contributed by atoms with van der Waals surface area (Å²) in [5, 5.41) is 0. The Kier molecular flexibility index (Phi) is 4.92. The van der Waals surface area contributed by atoms with Gasteiger partial charge in [-0.3, -0.25) is 9.59 Å². The topological polar surface area (TPSA) is 34.1 Å². The smallest absolute Gasteiger partial charge is 0.190 e. The Labute approximate surface area is 132 Å². The summed E-state index contributed by atoms with van der Waals surface area (Å²) in [6.45, 7) is 7.95. The molecule has 1 aromatic rings. The van der Waals surface area contributed by atoms with Crippen molar-refractivity contribution in [3.63, 3.8) is 0 Å². The Bertz CT molecular complexity index is 711. The number of rotatable bonds is 4. The first-order valence-corrected chi connectivity index (χ1v) is 7.59. The van der Waals surface area contributed by atoms with E-state index in [-0.39, 0.29) is 11.6 Å². The minimum Gasteiger partial charge on any atom is -0.289 e. The quantitative estimate of drug-likeness (QED) is 0.726. The molecular formula is C20H22O2. The Morgan fingerprint density at radius 3 is 2.14 bits per heavy atom. The summed E-state index contributed by atoms with van der Waals surface area (Å²) >= 11 is 0. The van der Waals surface area contributed by atoms with Crippen LogP contribution in [0, 0.1) is 0 Å². The number of hydrogen-bond donors (Lipinski definition) is 0. The van der Waals surface area contributed by atoms with Crippen molar-refractivity contribution in [3.8, 4) is 0 Å². The number of hydrogen-bond acceptors (Lipinski definition) is 2. The third kappa shape index (κ3) is 3.33. The lowest BCUT2D eigenvalue weighted by Crippen LogP contribution is -2.20. The SMILES string of the molecule is CC(C)=CC/C(C)=C/CC1=C(C)C(=O)c2ccccc2C1=O. The molecule has 0 amide bonds. The fourth-order valence-electron chi connectivity index (χ4n) is 2.52. The predicted octanol–water partition coefficient (Wildman–Crippen LogP) is 5.07. The van der Waals surface area contributed by atoms with Crippen molar-refractivity contribution in [2.45, 2.75) is 40.5 Å². The van der Waals surface area contributed by atoms with Crippen molar-refractivity contribution >= 4 is 11.6 Å². The number of fused-ring (bicyclic) bond motifs is 1. The van der Waals surface area contributed by atoms with E-state index in [1.54, 1.807) is 31.2 Å². The van der Waals surface area contributed by atoms with E-state index in [1.807, 2.05) is 0 Å². The highest BCUT2D eigenvalue weighted by Crippen LogP contribution is 2.28. The van der Waals surface area contributed by atoms with E-state index < -0.39 is 0 Å². The van der Waals surface area contributed by atoms with Gasteiger partial charge in [0.25, 0.3) is 0 Å². The Morgan fingerprint density at radius 1 is 0.955 bits per heavy atom. The number of carbonyl (C=O) groups excluding carboxylic acids is 2. The first kappa shape index (κ1) is 16.2. The largest absolute Gasteiger partial charge is 0.289 e. The third-order valence-corrected chi connectivity index (χ3v) is 3.97. The van der Waals surface area contributed by atoms with Crippen molar-refractivity contribution in [1.82, 2.24) is 0 Å². The first-order chi connectivity index (χ1) is 10.4. The molecule has 0 fully saturated rings. The van der Waals surface area contributed by atoms with Gasteiger partial charge in [0.15, 0.2) is 11.6 Å². The molecule has 2 nitrogen and oxygen atoms in total. The van der Waals surface area contributed by atoms with Gasteiger partial charge in [-0.1, -0.05) is 47.6 Å². The molecule has 2 heteroatoms. The normalized spacial score (nSPS) is 15.0. The lowest BCUT2D eigenvalue weighted by atomic mass is 9.83. The second-order valence-electron chi connectivity index (χ2n) is 6.05. The predicted molar refractivity (Wildman–Crippen MR) is 90.2 cm³/mol. The average molecular weight is 294 g/mol. The van der Waals surface area contributed by atoms with E-state index in [2.05, 4.69) is 32.9 Å². The maximum atomic E-state index is 12.6. The second-order valence-corrected chi connectivity index (χ2v) is 6.05. The number of ketones is 2. The molecular weight excluding hydrogens is 272 g/mol. The number of carbonyl (C=O) groups is 2. The zero-order chi connectivity index (χ0) is 16.3. The summed E-state index contributed by atoms with van der Waals surface area (Å²) in [5.41, 5.74) is 4.75. The molecule has 0 saturated carbocycles. The lowest BCUT2D eigenvalue weighted by Gasteiger charge is -2.18. The van der Waals surface area contributed by atoms with Crippen LogP contribution in [0.3, 0.4) is 0 Å². The average Bonchev–Trinajstić information content (AvgIpc) is 2.50. The zero-order valence-electron chi connectivity index (χ0n) is 13.7. The first-order valence-electron chi connectivity index (χ1n) is 7.59. The van der Waals surface area contributed by atoms with Crippen LogP contribution in [-0.4, -0.2) is 11.6 Å². The van der Waals surface area contributed by atoms with Crippen LogP contribution in [-0.2, 0) is 0 Å². The molecule has 1 aliphatic carbocycles. The van der Waals surface area contributed by atoms with E-state index in [9.17, 15) is 9.59 Å². The summed E-state index contributed by atoms with van der Waals surface area (Å²) in [4.78, 5) is 25.0. The molecule has 0 aromatic heterocycles. The fourth-order valence-corrected chi connectivity index (χ4v) is 2.52. The van der Waals surface area contributed by atoms with Gasteiger partial charge in [0.1, 0.15) is 0 Å². The highest BCUT2D eigenvalue weighted by atomic mass is 16.1. The van der Waals surface area contributed by atoms with Gasteiger partial charge in [-0.2, -0.15) is 0 Å². The molecule has 1 aliphatic rings. The van der Waals surface area contributed by atoms with Gasteiger partial charge < -0.3 is 0 Å². The summed E-state index contributed by atoms with van der Waals surface area (Å²) in [5.74, 6) is -0.0421. The highest BCUT2D eigenvalue weighted by Gasteiger charge is 2.28. The molecule has 0 radical (unpaired) electrons. The van der Waals surface area contributed by atoms with Gasteiger partial charge in [0, 0.05) is 22.3 Å². The maximum absolute atomic E-state index is 12.6. The van der Waals surface area contributed by atoms with Crippen LogP contribution in [0.15, 0.2) is 58.7 Å². The van der Waals surface area contributed by atoms with Gasteiger partial charge >= 0.3 is 0 Å². The van der Waals surface area contributed by atoms with Crippen LogP contribution in [0.1, 0.15) is 61.3 Å². The molecule has 0 heterocycles. The zero-order valence-corrected chi connectivity index (χ0v) is 13.7. The molecule has 114 valence electrons. The fraction of sp³-hybridized carbons (Fsp3) is 0.300. The second kappa shape index (κ2) is 6.69. The van der Waals surface area contributed by atoms with Crippen LogP contribution in [0.2, 0.25) is 0 Å². The van der Waals surface area contributed by atoms with Crippen molar-refractivity contribution < 1.29 is 9.59 Å². The van der Waals surface area contributed by atoms with E-state index >= 15 is 0 Å². The summed E-state index contributed by atoms with van der Waals surface area (Å²) in [6, 6.07) is 7.07. The Morgan fingerprint density at radius 2 is 1.55 bits per heavy atom. The summed E-state index contributed by atoms with van der Waals surface area (Å²) in [7, 11) is 0. The molecule has 0 saturated heterocycles. The van der Waals surface area contributed by atoms with Gasteiger partial charge in [0.05, 0.1) is 0 Å². The van der Waals surface area contributed by atoms with E-state index in [0.717, 1.165) is 6.42 Å². The maximum Gasteiger partial charge on any atom is 0.190 e. The molecule has 0 aliphatic heterocycles. The van der Waals surface area contributed by atoms with Gasteiger partial charge in [-0.05, 0) is 40.5 Å². The molecule has 1 aromatic carbocycles. The van der Waals surface area contributed by atoms with Crippen molar-refractivity contribution in [3.05, 3.63) is 69.8 Å². The molecule has 0 N–H and O–H groups in total.